The zero-order valence-corrected chi connectivity index (χ0v) is 15.2. The van der Waals surface area contributed by atoms with Gasteiger partial charge in [-0.1, -0.05) is 0 Å². The van der Waals surface area contributed by atoms with Gasteiger partial charge in [-0.3, -0.25) is 24.3 Å². The quantitative estimate of drug-likeness (QED) is 0.554. The van der Waals surface area contributed by atoms with Gasteiger partial charge in [0.1, 0.15) is 11.6 Å². The first-order valence-electron chi connectivity index (χ1n) is 7.17. The maximum atomic E-state index is 12.6. The number of anilines is 1. The van der Waals surface area contributed by atoms with Crippen LogP contribution in [0.5, 0.6) is 5.75 Å². The SMILES string of the molecule is COC(=O)c1cc(Br)c(OC)cc1-n1c(N)c2c(cc1=O)C(=O)NC2=O. The predicted molar refractivity (Wildman–Crippen MR) is 93.8 cm³/mol. The lowest BCUT2D eigenvalue weighted by Gasteiger charge is -2.16. The molecule has 2 heterocycles. The van der Waals surface area contributed by atoms with Gasteiger partial charge in [0.2, 0.25) is 0 Å². The number of carbonyl (C=O) groups excluding carboxylic acids is 3. The van der Waals surface area contributed by atoms with Gasteiger partial charge < -0.3 is 15.2 Å². The number of nitrogen functional groups attached to an aromatic ring is 1. The monoisotopic (exact) mass is 421 g/mol. The molecule has 0 spiro atoms. The second kappa shape index (κ2) is 6.30. The molecule has 0 radical (unpaired) electrons. The van der Waals surface area contributed by atoms with E-state index in [0.717, 1.165) is 10.6 Å². The van der Waals surface area contributed by atoms with Crippen molar-refractivity contribution in [1.82, 2.24) is 9.88 Å². The Morgan fingerprint density at radius 3 is 2.46 bits per heavy atom. The fourth-order valence-electron chi connectivity index (χ4n) is 2.69. The van der Waals surface area contributed by atoms with Crippen molar-refractivity contribution in [3.8, 4) is 11.4 Å². The number of carbonyl (C=O) groups is 3. The summed E-state index contributed by atoms with van der Waals surface area (Å²) in [4.78, 5) is 48.5. The molecule has 3 rings (SSSR count). The summed E-state index contributed by atoms with van der Waals surface area (Å²) in [5.74, 6) is -2.11. The van der Waals surface area contributed by atoms with Crippen LogP contribution in [0.15, 0.2) is 27.5 Å². The average Bonchev–Trinajstić information content (AvgIpc) is 2.88. The Morgan fingerprint density at radius 2 is 1.85 bits per heavy atom. The van der Waals surface area contributed by atoms with Crippen molar-refractivity contribution in [1.29, 1.82) is 0 Å². The molecule has 0 bridgehead atoms. The molecule has 1 aliphatic rings. The van der Waals surface area contributed by atoms with Crippen LogP contribution in [0.3, 0.4) is 0 Å². The van der Waals surface area contributed by atoms with Crippen LogP contribution in [0.1, 0.15) is 31.1 Å². The Hall–Kier alpha value is -3.14. The number of esters is 1. The van der Waals surface area contributed by atoms with Gasteiger partial charge in [-0.2, -0.15) is 0 Å². The number of pyridine rings is 1. The Bertz CT molecular complexity index is 1040. The van der Waals surface area contributed by atoms with Gasteiger partial charge in [0.25, 0.3) is 17.4 Å². The number of halogens is 1. The minimum atomic E-state index is -0.726. The highest BCUT2D eigenvalue weighted by atomic mass is 79.9. The van der Waals surface area contributed by atoms with E-state index in [-0.39, 0.29) is 28.2 Å². The van der Waals surface area contributed by atoms with Crippen molar-refractivity contribution in [2.45, 2.75) is 0 Å². The average molecular weight is 422 g/mol. The van der Waals surface area contributed by atoms with Crippen LogP contribution < -0.4 is 21.3 Å². The van der Waals surface area contributed by atoms with Crippen molar-refractivity contribution in [3.05, 3.63) is 49.7 Å². The van der Waals surface area contributed by atoms with Crippen LogP contribution in [-0.2, 0) is 4.74 Å². The summed E-state index contributed by atoms with van der Waals surface area (Å²) in [7, 11) is 2.59. The normalized spacial score (nSPS) is 12.6. The van der Waals surface area contributed by atoms with Gasteiger partial charge in [0.05, 0.1) is 41.1 Å². The van der Waals surface area contributed by atoms with Crippen LogP contribution in [-0.4, -0.2) is 36.6 Å². The highest BCUT2D eigenvalue weighted by Gasteiger charge is 2.32. The van der Waals surface area contributed by atoms with Gasteiger partial charge in [0, 0.05) is 12.1 Å². The minimum absolute atomic E-state index is 0.0126. The molecule has 0 atom stereocenters. The van der Waals surface area contributed by atoms with Crippen molar-refractivity contribution < 1.29 is 23.9 Å². The van der Waals surface area contributed by atoms with Crippen molar-refractivity contribution in [2.75, 3.05) is 20.0 Å². The molecule has 10 heteroatoms. The third-order valence-corrected chi connectivity index (χ3v) is 4.49. The van der Waals surface area contributed by atoms with E-state index in [4.69, 9.17) is 15.2 Å². The van der Waals surface area contributed by atoms with Gasteiger partial charge in [-0.15, -0.1) is 0 Å². The van der Waals surface area contributed by atoms with E-state index in [1.165, 1.54) is 26.4 Å². The first-order chi connectivity index (χ1) is 12.3. The minimum Gasteiger partial charge on any atom is -0.495 e. The molecule has 1 aliphatic heterocycles. The summed E-state index contributed by atoms with van der Waals surface area (Å²) >= 11 is 3.26. The fourth-order valence-corrected chi connectivity index (χ4v) is 3.19. The number of amides is 2. The Balaban J connectivity index is 2.40. The number of benzene rings is 1. The van der Waals surface area contributed by atoms with Crippen LogP contribution in [0.4, 0.5) is 5.82 Å². The van der Waals surface area contributed by atoms with E-state index >= 15 is 0 Å². The zero-order valence-electron chi connectivity index (χ0n) is 13.6. The fraction of sp³-hybridized carbons (Fsp3) is 0.125. The number of nitrogens with zero attached hydrogens (tertiary/aromatic N) is 1. The molecule has 2 amide bonds. The maximum absolute atomic E-state index is 12.6. The van der Waals surface area contributed by atoms with Crippen LogP contribution >= 0.6 is 15.9 Å². The molecule has 0 fully saturated rings. The summed E-state index contributed by atoms with van der Waals surface area (Å²) < 4.78 is 11.4. The van der Waals surface area contributed by atoms with Gasteiger partial charge in [-0.05, 0) is 22.0 Å². The number of methoxy groups -OCH3 is 2. The first-order valence-corrected chi connectivity index (χ1v) is 7.96. The number of ether oxygens (including phenoxy) is 2. The van der Waals surface area contributed by atoms with Crippen molar-refractivity contribution in [2.24, 2.45) is 0 Å². The number of fused-ring (bicyclic) bond motifs is 1. The van der Waals surface area contributed by atoms with E-state index in [9.17, 15) is 19.2 Å². The Labute approximate surface area is 154 Å². The molecule has 0 saturated carbocycles. The van der Waals surface area contributed by atoms with E-state index < -0.39 is 23.3 Å². The molecule has 0 aliphatic carbocycles. The third kappa shape index (κ3) is 2.54. The van der Waals surface area contributed by atoms with E-state index in [2.05, 4.69) is 21.2 Å². The summed E-state index contributed by atoms with van der Waals surface area (Å²) in [6, 6.07) is 3.79. The lowest BCUT2D eigenvalue weighted by molar-refractivity contribution is 0.0600. The molecule has 134 valence electrons. The molecular weight excluding hydrogens is 410 g/mol. The lowest BCUT2D eigenvalue weighted by Crippen LogP contribution is -2.26. The smallest absolute Gasteiger partial charge is 0.340 e. The lowest BCUT2D eigenvalue weighted by atomic mass is 10.1. The van der Waals surface area contributed by atoms with Crippen LogP contribution in [0.2, 0.25) is 0 Å². The maximum Gasteiger partial charge on any atom is 0.340 e. The van der Waals surface area contributed by atoms with Gasteiger partial charge in [0.15, 0.2) is 0 Å². The largest absolute Gasteiger partial charge is 0.495 e. The number of rotatable bonds is 3. The summed E-state index contributed by atoms with van der Waals surface area (Å²) in [5.41, 5.74) is 5.13. The first kappa shape index (κ1) is 17.7. The summed E-state index contributed by atoms with van der Waals surface area (Å²) in [6.07, 6.45) is 0. The summed E-state index contributed by atoms with van der Waals surface area (Å²) in [6.45, 7) is 0. The molecular formula is C16H12BrN3O6. The number of nitrogens with one attached hydrogen (secondary N) is 1. The third-order valence-electron chi connectivity index (χ3n) is 3.87. The Morgan fingerprint density at radius 1 is 1.15 bits per heavy atom. The summed E-state index contributed by atoms with van der Waals surface area (Å²) in [5, 5.41) is 2.08. The molecule has 3 N–H and O–H groups in total. The van der Waals surface area contributed by atoms with Gasteiger partial charge >= 0.3 is 5.97 Å². The highest BCUT2D eigenvalue weighted by molar-refractivity contribution is 9.10. The highest BCUT2D eigenvalue weighted by Crippen LogP contribution is 2.32. The molecule has 0 saturated heterocycles. The Kier molecular flexibility index (Phi) is 4.28. The number of hydrogen-bond acceptors (Lipinski definition) is 7. The number of aromatic nitrogens is 1. The van der Waals surface area contributed by atoms with Crippen LogP contribution in [0.25, 0.3) is 5.69 Å². The van der Waals surface area contributed by atoms with E-state index in [1.54, 1.807) is 0 Å². The number of nitrogens with two attached hydrogens (primary N) is 1. The van der Waals surface area contributed by atoms with Crippen molar-refractivity contribution in [3.63, 3.8) is 0 Å². The molecule has 0 unspecified atom stereocenters. The predicted octanol–water partition coefficient (Wildman–Crippen LogP) is 0.861. The molecule has 26 heavy (non-hydrogen) atoms. The van der Waals surface area contributed by atoms with E-state index in [0.29, 0.717) is 10.2 Å². The van der Waals surface area contributed by atoms with Crippen molar-refractivity contribution >= 4 is 39.5 Å². The van der Waals surface area contributed by atoms with Crippen LogP contribution in [0, 0.1) is 0 Å². The second-order valence-electron chi connectivity index (χ2n) is 5.27. The van der Waals surface area contributed by atoms with Gasteiger partial charge in [-0.25, -0.2) is 4.79 Å². The number of imide groups is 1. The standard InChI is InChI=1S/C16H12BrN3O6/c1-25-10-5-9(6(3-8(10)17)16(24)26-2)20-11(21)4-7-12(13(20)18)15(23)19-14(7)22/h3-5H,18H2,1-2H3,(H,19,22,23). The molecule has 1 aromatic heterocycles. The topological polar surface area (TPSA) is 130 Å². The molecule has 2 aromatic rings. The second-order valence-corrected chi connectivity index (χ2v) is 6.12. The number of hydrogen-bond donors (Lipinski definition) is 2. The van der Waals surface area contributed by atoms with E-state index in [1.807, 2.05) is 0 Å². The molecule has 9 nitrogen and oxygen atoms in total. The molecule has 1 aromatic carbocycles. The zero-order chi connectivity index (χ0) is 19.2.